The molecule has 1 atom stereocenters. The summed E-state index contributed by atoms with van der Waals surface area (Å²) in [5.41, 5.74) is 1.86. The van der Waals surface area contributed by atoms with Crippen LogP contribution in [0.15, 0.2) is 40.4 Å². The minimum Gasteiger partial charge on any atom is -0.462 e. The molecule has 37 heavy (non-hydrogen) atoms. The Hall–Kier alpha value is -3.51. The number of fused-ring (bicyclic) bond motifs is 2. The van der Waals surface area contributed by atoms with Gasteiger partial charge in [0, 0.05) is 4.88 Å². The van der Waals surface area contributed by atoms with Crippen molar-refractivity contribution in [3.8, 4) is 5.69 Å². The number of aromatic amines is 1. The van der Waals surface area contributed by atoms with Crippen molar-refractivity contribution in [3.63, 3.8) is 0 Å². The molecule has 12 heteroatoms. The number of aromatic nitrogens is 4. The van der Waals surface area contributed by atoms with Crippen LogP contribution in [0.3, 0.4) is 0 Å². The Bertz CT molecular complexity index is 1540. The number of hydrogen-bond acceptors (Lipinski definition) is 8. The minimum absolute atomic E-state index is 0.236. The summed E-state index contributed by atoms with van der Waals surface area (Å²) in [5.74, 6) is -1.15. The number of carbonyl (C=O) groups excluding carboxylic acids is 2. The number of halogens is 1. The fourth-order valence-electron chi connectivity index (χ4n) is 4.23. The maximum absolute atomic E-state index is 13.4. The second-order valence-corrected chi connectivity index (χ2v) is 11.0. The number of anilines is 1. The lowest BCUT2D eigenvalue weighted by atomic mass is 9.95. The van der Waals surface area contributed by atoms with Crippen LogP contribution in [0.1, 0.15) is 47.5 Å². The standard InChI is InChI=1S/C25H24FN5O4S2/c1-3-35-24(34)19-16-6-4-5-7-18(16)37-23(19)29-21(32)13(2)36-25-28-20-17(22(33)30-25)12-27-31(20)15-10-8-14(26)9-11-15/h8-13H,3-7H2,1-2H3,(H,29,32)(H,28,30,33)/t13-/m0/s1. The van der Waals surface area contributed by atoms with Gasteiger partial charge in [0.25, 0.3) is 5.56 Å². The Kier molecular flexibility index (Phi) is 7.11. The number of benzene rings is 1. The number of thioether (sulfide) groups is 1. The van der Waals surface area contributed by atoms with Crippen molar-refractivity contribution in [2.45, 2.75) is 49.9 Å². The van der Waals surface area contributed by atoms with Crippen molar-refractivity contribution < 1.29 is 18.7 Å². The van der Waals surface area contributed by atoms with Gasteiger partial charge in [-0.15, -0.1) is 11.3 Å². The third-order valence-electron chi connectivity index (χ3n) is 6.03. The van der Waals surface area contributed by atoms with Crippen molar-refractivity contribution in [1.82, 2.24) is 19.7 Å². The van der Waals surface area contributed by atoms with Gasteiger partial charge in [0.05, 0.1) is 29.3 Å². The summed E-state index contributed by atoms with van der Waals surface area (Å²) in [6, 6.07) is 5.67. The molecule has 1 aromatic carbocycles. The van der Waals surface area contributed by atoms with E-state index in [1.165, 1.54) is 46.5 Å². The van der Waals surface area contributed by atoms with Crippen molar-refractivity contribution in [2.24, 2.45) is 0 Å². The van der Waals surface area contributed by atoms with Gasteiger partial charge in [0.15, 0.2) is 10.8 Å². The number of nitrogens with one attached hydrogen (secondary N) is 2. The van der Waals surface area contributed by atoms with E-state index in [4.69, 9.17) is 4.74 Å². The molecule has 0 aliphatic heterocycles. The molecule has 0 spiro atoms. The Morgan fingerprint density at radius 3 is 2.78 bits per heavy atom. The van der Waals surface area contributed by atoms with Crippen LogP contribution in [-0.2, 0) is 22.4 Å². The first-order chi connectivity index (χ1) is 17.9. The van der Waals surface area contributed by atoms with Crippen LogP contribution in [0, 0.1) is 5.82 Å². The fraction of sp³-hybridized carbons (Fsp3) is 0.320. The lowest BCUT2D eigenvalue weighted by Crippen LogP contribution is -2.24. The van der Waals surface area contributed by atoms with E-state index in [0.717, 1.165) is 47.9 Å². The molecule has 3 aromatic heterocycles. The molecule has 0 saturated carbocycles. The zero-order valence-electron chi connectivity index (χ0n) is 20.2. The van der Waals surface area contributed by atoms with Crippen LogP contribution < -0.4 is 10.9 Å². The largest absolute Gasteiger partial charge is 0.462 e. The first-order valence-electron chi connectivity index (χ1n) is 11.9. The van der Waals surface area contributed by atoms with Gasteiger partial charge >= 0.3 is 5.97 Å². The lowest BCUT2D eigenvalue weighted by Gasteiger charge is -2.13. The third kappa shape index (κ3) is 5.03. The highest BCUT2D eigenvalue weighted by Crippen LogP contribution is 2.39. The van der Waals surface area contributed by atoms with Gasteiger partial charge in [0.1, 0.15) is 16.2 Å². The van der Waals surface area contributed by atoms with Gasteiger partial charge in [-0.05, 0) is 69.4 Å². The van der Waals surface area contributed by atoms with Gasteiger partial charge in [-0.2, -0.15) is 5.10 Å². The number of thiophene rings is 1. The topological polar surface area (TPSA) is 119 Å². The average molecular weight is 542 g/mol. The SMILES string of the molecule is CCOC(=O)c1c(NC(=O)[C@H](C)Sc2nc3c(cnn3-c3ccc(F)cc3)c(=O)[nH]2)sc2c1CCCC2. The second-order valence-electron chi connectivity index (χ2n) is 8.53. The first-order valence-corrected chi connectivity index (χ1v) is 13.6. The number of rotatable bonds is 7. The summed E-state index contributed by atoms with van der Waals surface area (Å²) in [5, 5.41) is 7.48. The average Bonchev–Trinajstić information content (AvgIpc) is 3.46. The Labute approximate surface area is 219 Å². The summed E-state index contributed by atoms with van der Waals surface area (Å²) >= 11 is 2.50. The van der Waals surface area contributed by atoms with Crippen LogP contribution in [0.4, 0.5) is 9.39 Å². The molecule has 1 aliphatic rings. The van der Waals surface area contributed by atoms with E-state index in [0.29, 0.717) is 21.9 Å². The summed E-state index contributed by atoms with van der Waals surface area (Å²) in [7, 11) is 0. The van der Waals surface area contributed by atoms with E-state index < -0.39 is 16.8 Å². The monoisotopic (exact) mass is 541 g/mol. The molecule has 0 unspecified atom stereocenters. The molecule has 5 rings (SSSR count). The summed E-state index contributed by atoms with van der Waals surface area (Å²) < 4.78 is 20.1. The molecule has 4 aromatic rings. The first kappa shape index (κ1) is 25.2. The molecule has 9 nitrogen and oxygen atoms in total. The molecule has 192 valence electrons. The molecule has 2 N–H and O–H groups in total. The molecule has 1 aliphatic carbocycles. The predicted octanol–water partition coefficient (Wildman–Crippen LogP) is 4.48. The minimum atomic E-state index is -0.642. The number of hydrogen-bond donors (Lipinski definition) is 2. The maximum Gasteiger partial charge on any atom is 0.341 e. The number of aryl methyl sites for hydroxylation is 1. The van der Waals surface area contributed by atoms with E-state index in [1.54, 1.807) is 13.8 Å². The highest BCUT2D eigenvalue weighted by atomic mass is 32.2. The molecular weight excluding hydrogens is 517 g/mol. The zero-order chi connectivity index (χ0) is 26.1. The quantitative estimate of drug-likeness (QED) is 0.201. The van der Waals surface area contributed by atoms with Crippen LogP contribution in [-0.4, -0.2) is 43.5 Å². The van der Waals surface area contributed by atoms with Gasteiger partial charge < -0.3 is 15.0 Å². The summed E-state index contributed by atoms with van der Waals surface area (Å²) in [4.78, 5) is 46.8. The van der Waals surface area contributed by atoms with E-state index in [1.807, 2.05) is 0 Å². The molecule has 0 saturated heterocycles. The molecule has 3 heterocycles. The molecule has 1 amide bonds. The molecule has 0 bridgehead atoms. The molecule has 0 fully saturated rings. The number of nitrogens with zero attached hydrogens (tertiary/aromatic N) is 3. The van der Waals surface area contributed by atoms with Gasteiger partial charge in [-0.3, -0.25) is 9.59 Å². The number of esters is 1. The number of H-pyrrole nitrogens is 1. The Balaban J connectivity index is 1.39. The van der Waals surface area contributed by atoms with Crippen LogP contribution in [0.25, 0.3) is 16.7 Å². The van der Waals surface area contributed by atoms with E-state index in [2.05, 4.69) is 20.4 Å². The summed E-state index contributed by atoms with van der Waals surface area (Å²) in [6.45, 7) is 3.69. The van der Waals surface area contributed by atoms with Gasteiger partial charge in [-0.25, -0.2) is 18.9 Å². The molecule has 0 radical (unpaired) electrons. The second kappa shape index (κ2) is 10.5. The maximum atomic E-state index is 13.4. The lowest BCUT2D eigenvalue weighted by molar-refractivity contribution is -0.115. The van der Waals surface area contributed by atoms with E-state index >= 15 is 0 Å². The highest BCUT2D eigenvalue weighted by molar-refractivity contribution is 8.00. The van der Waals surface area contributed by atoms with Crippen LogP contribution >= 0.6 is 23.1 Å². The highest BCUT2D eigenvalue weighted by Gasteiger charge is 2.28. The number of carbonyl (C=O) groups is 2. The number of amides is 1. The normalized spacial score (nSPS) is 13.8. The fourth-order valence-corrected chi connectivity index (χ4v) is 6.31. The van der Waals surface area contributed by atoms with Crippen molar-refractivity contribution in [2.75, 3.05) is 11.9 Å². The molecular formula is C25H24FN5O4S2. The van der Waals surface area contributed by atoms with Gasteiger partial charge in [0.2, 0.25) is 5.91 Å². The Morgan fingerprint density at radius 2 is 2.03 bits per heavy atom. The van der Waals surface area contributed by atoms with Crippen LogP contribution in [0.2, 0.25) is 0 Å². The zero-order valence-corrected chi connectivity index (χ0v) is 21.8. The van der Waals surface area contributed by atoms with Crippen molar-refractivity contribution in [1.29, 1.82) is 0 Å². The number of ether oxygens (including phenoxy) is 1. The predicted molar refractivity (Wildman–Crippen MR) is 140 cm³/mol. The van der Waals surface area contributed by atoms with Crippen molar-refractivity contribution in [3.05, 3.63) is 62.6 Å². The van der Waals surface area contributed by atoms with E-state index in [9.17, 15) is 18.8 Å². The smallest absolute Gasteiger partial charge is 0.341 e. The van der Waals surface area contributed by atoms with E-state index in [-0.39, 0.29) is 28.9 Å². The van der Waals surface area contributed by atoms with Crippen LogP contribution in [0.5, 0.6) is 0 Å². The summed E-state index contributed by atoms with van der Waals surface area (Å²) in [6.07, 6.45) is 5.09. The third-order valence-corrected chi connectivity index (χ3v) is 8.22. The Morgan fingerprint density at radius 1 is 1.27 bits per heavy atom. The van der Waals surface area contributed by atoms with Gasteiger partial charge in [-0.1, -0.05) is 11.8 Å². The van der Waals surface area contributed by atoms with Crippen molar-refractivity contribution >= 4 is 51.0 Å².